The van der Waals surface area contributed by atoms with Gasteiger partial charge in [-0.2, -0.15) is 11.3 Å². The average Bonchev–Trinajstić information content (AvgIpc) is 2.90. The first-order valence-electron chi connectivity index (χ1n) is 6.36. The minimum absolute atomic E-state index is 0.167. The van der Waals surface area contributed by atoms with Gasteiger partial charge in [-0.05, 0) is 47.0 Å². The molecule has 112 valence electrons. The SMILES string of the molecule is Cc1ccc(S(C)(=O)=O)cc1C(=O)N(C)Cc1ccsc1. The number of benzene rings is 1. The summed E-state index contributed by atoms with van der Waals surface area (Å²) in [5.74, 6) is -0.177. The Balaban J connectivity index is 2.30. The van der Waals surface area contributed by atoms with Gasteiger partial charge in [0.05, 0.1) is 4.90 Å². The van der Waals surface area contributed by atoms with E-state index in [-0.39, 0.29) is 10.8 Å². The maximum absolute atomic E-state index is 12.5. The summed E-state index contributed by atoms with van der Waals surface area (Å²) in [6.07, 6.45) is 1.14. The maximum Gasteiger partial charge on any atom is 0.254 e. The molecule has 0 fully saturated rings. The molecule has 0 N–H and O–H groups in total. The van der Waals surface area contributed by atoms with Crippen molar-refractivity contribution in [3.8, 4) is 0 Å². The van der Waals surface area contributed by atoms with Crippen LogP contribution >= 0.6 is 11.3 Å². The van der Waals surface area contributed by atoms with E-state index in [0.717, 1.165) is 17.4 Å². The zero-order valence-electron chi connectivity index (χ0n) is 12.2. The summed E-state index contributed by atoms with van der Waals surface area (Å²) in [4.78, 5) is 14.3. The largest absolute Gasteiger partial charge is 0.337 e. The van der Waals surface area contributed by atoms with E-state index in [2.05, 4.69) is 0 Å². The summed E-state index contributed by atoms with van der Waals surface area (Å²) in [6.45, 7) is 2.31. The highest BCUT2D eigenvalue weighted by Gasteiger charge is 2.17. The number of rotatable bonds is 4. The first-order chi connectivity index (χ1) is 9.79. The second kappa shape index (κ2) is 5.99. The van der Waals surface area contributed by atoms with Gasteiger partial charge in [0, 0.05) is 25.4 Å². The molecule has 1 heterocycles. The molecule has 4 nitrogen and oxygen atoms in total. The molecule has 6 heteroatoms. The lowest BCUT2D eigenvalue weighted by atomic mass is 10.1. The number of carbonyl (C=O) groups is 1. The lowest BCUT2D eigenvalue weighted by molar-refractivity contribution is 0.0784. The number of nitrogens with zero attached hydrogens (tertiary/aromatic N) is 1. The van der Waals surface area contributed by atoms with E-state index >= 15 is 0 Å². The molecule has 0 spiro atoms. The Kier molecular flexibility index (Phi) is 4.49. The molecule has 0 atom stereocenters. The van der Waals surface area contributed by atoms with Gasteiger partial charge in [-0.25, -0.2) is 8.42 Å². The van der Waals surface area contributed by atoms with Crippen LogP contribution in [0.5, 0.6) is 0 Å². The summed E-state index contributed by atoms with van der Waals surface area (Å²) in [7, 11) is -1.61. The predicted molar refractivity (Wildman–Crippen MR) is 84.4 cm³/mol. The van der Waals surface area contributed by atoms with E-state index in [4.69, 9.17) is 0 Å². The molecule has 21 heavy (non-hydrogen) atoms. The number of thiophene rings is 1. The molecule has 0 saturated heterocycles. The first-order valence-corrected chi connectivity index (χ1v) is 9.19. The van der Waals surface area contributed by atoms with Crippen LogP contribution in [0.4, 0.5) is 0 Å². The highest BCUT2D eigenvalue weighted by atomic mass is 32.2. The molecule has 0 aliphatic heterocycles. The van der Waals surface area contributed by atoms with Crippen molar-refractivity contribution < 1.29 is 13.2 Å². The van der Waals surface area contributed by atoms with Gasteiger partial charge in [0.15, 0.2) is 9.84 Å². The van der Waals surface area contributed by atoms with E-state index < -0.39 is 9.84 Å². The van der Waals surface area contributed by atoms with E-state index in [9.17, 15) is 13.2 Å². The van der Waals surface area contributed by atoms with Crippen molar-refractivity contribution in [2.75, 3.05) is 13.3 Å². The molecule has 2 aromatic rings. The third-order valence-electron chi connectivity index (χ3n) is 3.21. The highest BCUT2D eigenvalue weighted by Crippen LogP contribution is 2.18. The van der Waals surface area contributed by atoms with Crippen LogP contribution in [0.15, 0.2) is 39.9 Å². The Labute approximate surface area is 129 Å². The topological polar surface area (TPSA) is 54.5 Å². The van der Waals surface area contributed by atoms with Crippen molar-refractivity contribution >= 4 is 27.1 Å². The molecule has 1 aromatic heterocycles. The number of hydrogen-bond acceptors (Lipinski definition) is 4. The lowest BCUT2D eigenvalue weighted by Crippen LogP contribution is -2.26. The summed E-state index contributed by atoms with van der Waals surface area (Å²) in [6, 6.07) is 6.62. The molecule has 0 bridgehead atoms. The normalized spacial score (nSPS) is 11.4. The van der Waals surface area contributed by atoms with Gasteiger partial charge in [0.25, 0.3) is 5.91 Å². The van der Waals surface area contributed by atoms with Crippen molar-refractivity contribution in [2.45, 2.75) is 18.4 Å². The van der Waals surface area contributed by atoms with Gasteiger partial charge in [-0.3, -0.25) is 4.79 Å². The highest BCUT2D eigenvalue weighted by molar-refractivity contribution is 7.90. The zero-order valence-corrected chi connectivity index (χ0v) is 13.8. The Morgan fingerprint density at radius 1 is 1.29 bits per heavy atom. The van der Waals surface area contributed by atoms with Gasteiger partial charge in [0.1, 0.15) is 0 Å². The van der Waals surface area contributed by atoms with E-state index in [0.29, 0.717) is 12.1 Å². The summed E-state index contributed by atoms with van der Waals surface area (Å²) in [5.41, 5.74) is 2.26. The smallest absolute Gasteiger partial charge is 0.254 e. The van der Waals surface area contributed by atoms with Crippen molar-refractivity contribution in [1.82, 2.24) is 4.90 Å². The van der Waals surface area contributed by atoms with Crippen LogP contribution < -0.4 is 0 Å². The zero-order chi connectivity index (χ0) is 15.6. The molecule has 1 amide bonds. The molecule has 0 unspecified atom stereocenters. The Morgan fingerprint density at radius 3 is 2.57 bits per heavy atom. The van der Waals surface area contributed by atoms with Crippen LogP contribution in [-0.4, -0.2) is 32.5 Å². The van der Waals surface area contributed by atoms with Crippen LogP contribution in [0, 0.1) is 6.92 Å². The fourth-order valence-corrected chi connectivity index (χ4v) is 3.30. The van der Waals surface area contributed by atoms with Crippen LogP contribution in [0.2, 0.25) is 0 Å². The molecular formula is C15H17NO3S2. The van der Waals surface area contributed by atoms with Crippen molar-refractivity contribution in [3.05, 3.63) is 51.7 Å². The number of amides is 1. The number of carbonyl (C=O) groups excluding carboxylic acids is 1. The van der Waals surface area contributed by atoms with Crippen molar-refractivity contribution in [2.24, 2.45) is 0 Å². The van der Waals surface area contributed by atoms with E-state index in [1.807, 2.05) is 16.8 Å². The summed E-state index contributed by atoms with van der Waals surface area (Å²) < 4.78 is 23.2. The van der Waals surface area contributed by atoms with Gasteiger partial charge < -0.3 is 4.90 Å². The molecule has 2 rings (SSSR count). The van der Waals surface area contributed by atoms with E-state index in [1.54, 1.807) is 36.3 Å². The van der Waals surface area contributed by atoms with Crippen molar-refractivity contribution in [1.29, 1.82) is 0 Å². The quantitative estimate of drug-likeness (QED) is 0.869. The minimum Gasteiger partial charge on any atom is -0.337 e. The maximum atomic E-state index is 12.5. The van der Waals surface area contributed by atoms with Crippen LogP contribution in [0.3, 0.4) is 0 Å². The molecule has 0 saturated carbocycles. The third-order valence-corrected chi connectivity index (χ3v) is 5.06. The molecule has 0 aliphatic rings. The predicted octanol–water partition coefficient (Wildman–Crippen LogP) is 2.73. The number of aryl methyl sites for hydroxylation is 1. The van der Waals surface area contributed by atoms with Crippen LogP contribution in [-0.2, 0) is 16.4 Å². The summed E-state index contributed by atoms with van der Waals surface area (Å²) in [5, 5.41) is 3.95. The molecule has 0 radical (unpaired) electrons. The van der Waals surface area contributed by atoms with E-state index in [1.165, 1.54) is 12.1 Å². The van der Waals surface area contributed by atoms with Gasteiger partial charge in [0.2, 0.25) is 0 Å². The standard InChI is InChI=1S/C15H17NO3S2/c1-11-4-5-13(21(3,18)19)8-14(11)15(17)16(2)9-12-6-7-20-10-12/h4-8,10H,9H2,1-3H3. The Hall–Kier alpha value is -1.66. The van der Waals surface area contributed by atoms with Gasteiger partial charge >= 0.3 is 0 Å². The second-order valence-corrected chi connectivity index (χ2v) is 7.84. The Morgan fingerprint density at radius 2 is 2.00 bits per heavy atom. The number of sulfone groups is 1. The first kappa shape index (κ1) is 15.7. The fourth-order valence-electron chi connectivity index (χ4n) is 2.00. The van der Waals surface area contributed by atoms with Gasteiger partial charge in [-0.1, -0.05) is 6.07 Å². The van der Waals surface area contributed by atoms with Crippen LogP contribution in [0.25, 0.3) is 0 Å². The monoisotopic (exact) mass is 323 g/mol. The van der Waals surface area contributed by atoms with Crippen LogP contribution in [0.1, 0.15) is 21.5 Å². The molecule has 0 aliphatic carbocycles. The Bertz CT molecular complexity index is 749. The second-order valence-electron chi connectivity index (χ2n) is 5.04. The third kappa shape index (κ3) is 3.71. The lowest BCUT2D eigenvalue weighted by Gasteiger charge is -2.18. The average molecular weight is 323 g/mol. The van der Waals surface area contributed by atoms with Crippen molar-refractivity contribution in [3.63, 3.8) is 0 Å². The van der Waals surface area contributed by atoms with Gasteiger partial charge in [-0.15, -0.1) is 0 Å². The minimum atomic E-state index is -3.32. The summed E-state index contributed by atoms with van der Waals surface area (Å²) >= 11 is 1.58. The molecule has 1 aromatic carbocycles. The number of hydrogen-bond donors (Lipinski definition) is 0. The fraction of sp³-hybridized carbons (Fsp3) is 0.267. The molecular weight excluding hydrogens is 306 g/mol.